The van der Waals surface area contributed by atoms with Gasteiger partial charge in [-0.1, -0.05) is 26.2 Å². The minimum absolute atomic E-state index is 0.162. The minimum Gasteiger partial charge on any atom is -0.389 e. The van der Waals surface area contributed by atoms with E-state index in [1.807, 2.05) is 6.92 Å². The summed E-state index contributed by atoms with van der Waals surface area (Å²) in [7, 11) is -0.796. The van der Waals surface area contributed by atoms with Crippen LogP contribution in [0.2, 0.25) is 0 Å². The maximum absolute atomic E-state index is 11.0. The third-order valence-corrected chi connectivity index (χ3v) is 3.61. The van der Waals surface area contributed by atoms with Crippen LogP contribution >= 0.6 is 0 Å². The van der Waals surface area contributed by atoms with Crippen molar-refractivity contribution in [2.75, 3.05) is 31.8 Å². The lowest BCUT2D eigenvalue weighted by atomic mass is 10.2. The third kappa shape index (κ3) is 12.5. The molecule has 0 heterocycles. The molecular weight excluding hydrogens is 250 g/mol. The van der Waals surface area contributed by atoms with Crippen molar-refractivity contribution in [3.05, 3.63) is 0 Å². The van der Waals surface area contributed by atoms with Gasteiger partial charge >= 0.3 is 0 Å². The summed E-state index contributed by atoms with van der Waals surface area (Å²) < 4.78 is 16.4. The van der Waals surface area contributed by atoms with Crippen molar-refractivity contribution >= 4 is 10.8 Å². The molecule has 0 spiro atoms. The summed E-state index contributed by atoms with van der Waals surface area (Å²) in [5.74, 6) is 0.616. The average molecular weight is 279 g/mol. The molecule has 0 aliphatic rings. The molecule has 3 atom stereocenters. The molecule has 5 heteroatoms. The highest BCUT2D eigenvalue weighted by atomic mass is 32.2. The number of aliphatic hydroxyl groups excluding tert-OH is 1. The van der Waals surface area contributed by atoms with Gasteiger partial charge in [-0.2, -0.15) is 0 Å². The number of nitrogens with one attached hydrogen (secondary N) is 1. The molecule has 0 saturated carbocycles. The predicted octanol–water partition coefficient (Wildman–Crippen LogP) is 1.30. The highest BCUT2D eigenvalue weighted by Crippen LogP contribution is 1.99. The van der Waals surface area contributed by atoms with Gasteiger partial charge in [0.1, 0.15) is 0 Å². The number of aliphatic hydroxyl groups is 1. The van der Waals surface area contributed by atoms with E-state index < -0.39 is 16.9 Å². The van der Waals surface area contributed by atoms with Crippen molar-refractivity contribution in [2.24, 2.45) is 0 Å². The van der Waals surface area contributed by atoms with Crippen LogP contribution in [0.15, 0.2) is 0 Å². The summed E-state index contributed by atoms with van der Waals surface area (Å²) in [4.78, 5) is 0. The molecular formula is C13H29NO3S. The number of hydrogen-bond acceptors (Lipinski definition) is 4. The van der Waals surface area contributed by atoms with Gasteiger partial charge in [0, 0.05) is 42.0 Å². The molecule has 18 heavy (non-hydrogen) atoms. The van der Waals surface area contributed by atoms with Gasteiger partial charge in [0.15, 0.2) is 0 Å². The van der Waals surface area contributed by atoms with E-state index in [0.29, 0.717) is 18.9 Å². The van der Waals surface area contributed by atoms with E-state index in [1.165, 1.54) is 19.3 Å². The third-order valence-electron chi connectivity index (χ3n) is 2.64. The molecule has 4 nitrogen and oxygen atoms in total. The predicted molar refractivity (Wildman–Crippen MR) is 77.4 cm³/mol. The average Bonchev–Trinajstić information content (AvgIpc) is 2.30. The van der Waals surface area contributed by atoms with Gasteiger partial charge < -0.3 is 15.2 Å². The lowest BCUT2D eigenvalue weighted by Crippen LogP contribution is -2.38. The zero-order valence-electron chi connectivity index (χ0n) is 12.0. The summed E-state index contributed by atoms with van der Waals surface area (Å²) in [6, 6.07) is 0.162. The summed E-state index contributed by atoms with van der Waals surface area (Å²) in [6.45, 7) is 5.75. The Morgan fingerprint density at radius 1 is 1.33 bits per heavy atom. The molecule has 0 aromatic rings. The molecule has 0 saturated heterocycles. The van der Waals surface area contributed by atoms with Crippen LogP contribution in [0.4, 0.5) is 0 Å². The van der Waals surface area contributed by atoms with E-state index in [4.69, 9.17) is 4.74 Å². The fourth-order valence-corrected chi connectivity index (χ4v) is 2.48. The van der Waals surface area contributed by atoms with Crippen molar-refractivity contribution in [1.82, 2.24) is 5.32 Å². The molecule has 0 radical (unpaired) electrons. The Kier molecular flexibility index (Phi) is 12.1. The topological polar surface area (TPSA) is 58.6 Å². The summed E-state index contributed by atoms with van der Waals surface area (Å²) in [5.41, 5.74) is 0. The normalized spacial score (nSPS) is 16.4. The standard InChI is InChI=1S/C13H29NO3S/c1-4-5-6-7-8-17-10-13(15)9-14-12(2)11-18(3)16/h12-15H,4-11H2,1-3H3. The van der Waals surface area contributed by atoms with Gasteiger partial charge in [0.2, 0.25) is 0 Å². The number of hydrogen-bond donors (Lipinski definition) is 2. The quantitative estimate of drug-likeness (QED) is 0.529. The first-order valence-corrected chi connectivity index (χ1v) is 8.58. The molecule has 3 unspecified atom stereocenters. The maximum atomic E-state index is 11.0. The summed E-state index contributed by atoms with van der Waals surface area (Å²) >= 11 is 0. The van der Waals surface area contributed by atoms with Crippen LogP contribution in [0.3, 0.4) is 0 Å². The van der Waals surface area contributed by atoms with E-state index in [1.54, 1.807) is 6.26 Å². The van der Waals surface area contributed by atoms with E-state index in [0.717, 1.165) is 13.0 Å². The smallest absolute Gasteiger partial charge is 0.0897 e. The van der Waals surface area contributed by atoms with Gasteiger partial charge in [-0.25, -0.2) is 0 Å². The van der Waals surface area contributed by atoms with Gasteiger partial charge in [-0.3, -0.25) is 4.21 Å². The Hall–Kier alpha value is 0.0300. The number of ether oxygens (including phenoxy) is 1. The molecule has 110 valence electrons. The van der Waals surface area contributed by atoms with Crippen LogP contribution in [0, 0.1) is 0 Å². The lowest BCUT2D eigenvalue weighted by Gasteiger charge is -2.16. The van der Waals surface area contributed by atoms with Gasteiger partial charge in [-0.05, 0) is 13.3 Å². The fourth-order valence-electron chi connectivity index (χ4n) is 1.66. The monoisotopic (exact) mass is 279 g/mol. The molecule has 0 aliphatic carbocycles. The number of rotatable bonds is 12. The molecule has 0 aliphatic heterocycles. The Balaban J connectivity index is 3.36. The second kappa shape index (κ2) is 12.1. The zero-order valence-corrected chi connectivity index (χ0v) is 12.8. The molecule has 0 aromatic heterocycles. The number of unbranched alkanes of at least 4 members (excludes halogenated alkanes) is 3. The van der Waals surface area contributed by atoms with Crippen LogP contribution in [-0.4, -0.2) is 53.2 Å². The zero-order chi connectivity index (χ0) is 13.8. The maximum Gasteiger partial charge on any atom is 0.0897 e. The minimum atomic E-state index is -0.796. The Labute approximate surface area is 114 Å². The molecule has 0 bridgehead atoms. The second-order valence-corrected chi connectivity index (χ2v) is 6.32. The molecule has 2 N–H and O–H groups in total. The lowest BCUT2D eigenvalue weighted by molar-refractivity contribution is 0.0347. The highest BCUT2D eigenvalue weighted by molar-refractivity contribution is 7.84. The first kappa shape index (κ1) is 18.0. The van der Waals surface area contributed by atoms with Gasteiger partial charge in [0.25, 0.3) is 0 Å². The van der Waals surface area contributed by atoms with E-state index in [-0.39, 0.29) is 6.04 Å². The van der Waals surface area contributed by atoms with Crippen LogP contribution in [0.25, 0.3) is 0 Å². The van der Waals surface area contributed by atoms with Crippen LogP contribution < -0.4 is 5.32 Å². The van der Waals surface area contributed by atoms with Crippen LogP contribution in [-0.2, 0) is 15.5 Å². The van der Waals surface area contributed by atoms with Crippen molar-refractivity contribution in [1.29, 1.82) is 0 Å². The van der Waals surface area contributed by atoms with E-state index >= 15 is 0 Å². The Morgan fingerprint density at radius 3 is 2.67 bits per heavy atom. The van der Waals surface area contributed by atoms with Crippen molar-refractivity contribution in [2.45, 2.75) is 51.7 Å². The largest absolute Gasteiger partial charge is 0.389 e. The second-order valence-electron chi connectivity index (χ2n) is 4.84. The molecule has 0 aromatic carbocycles. The summed E-state index contributed by atoms with van der Waals surface area (Å²) in [5, 5.41) is 12.8. The Bertz CT molecular complexity index is 214. The SMILES string of the molecule is CCCCCCOCC(O)CNC(C)CS(C)=O. The molecule has 0 rings (SSSR count). The first-order chi connectivity index (χ1) is 8.56. The Morgan fingerprint density at radius 2 is 2.06 bits per heavy atom. The summed E-state index contributed by atoms with van der Waals surface area (Å²) in [6.07, 6.45) is 5.95. The highest BCUT2D eigenvalue weighted by Gasteiger charge is 2.08. The van der Waals surface area contributed by atoms with Crippen molar-refractivity contribution < 1.29 is 14.1 Å². The molecule has 0 amide bonds. The van der Waals surface area contributed by atoms with Crippen molar-refractivity contribution in [3.63, 3.8) is 0 Å². The molecule has 0 fully saturated rings. The van der Waals surface area contributed by atoms with Gasteiger partial charge in [0.05, 0.1) is 12.7 Å². The fraction of sp³-hybridized carbons (Fsp3) is 1.00. The van der Waals surface area contributed by atoms with Crippen molar-refractivity contribution in [3.8, 4) is 0 Å². The van der Waals surface area contributed by atoms with Gasteiger partial charge in [-0.15, -0.1) is 0 Å². The first-order valence-electron chi connectivity index (χ1n) is 6.85. The van der Waals surface area contributed by atoms with E-state index in [2.05, 4.69) is 12.2 Å². The van der Waals surface area contributed by atoms with E-state index in [9.17, 15) is 9.32 Å². The van der Waals surface area contributed by atoms with Crippen LogP contribution in [0.5, 0.6) is 0 Å². The van der Waals surface area contributed by atoms with Crippen LogP contribution in [0.1, 0.15) is 39.5 Å².